The SMILES string of the molecule is CS(=O)(=O)CCCC(CSc1ccccc1Br)NN. The molecule has 1 aromatic rings. The van der Waals surface area contributed by atoms with Gasteiger partial charge in [0.1, 0.15) is 9.84 Å². The van der Waals surface area contributed by atoms with E-state index in [0.29, 0.717) is 6.42 Å². The number of sulfone groups is 1. The van der Waals surface area contributed by atoms with Crippen LogP contribution in [0.1, 0.15) is 12.8 Å². The Hall–Kier alpha value is -0.0800. The molecule has 0 saturated carbocycles. The largest absolute Gasteiger partial charge is 0.271 e. The summed E-state index contributed by atoms with van der Waals surface area (Å²) in [6.45, 7) is 0. The van der Waals surface area contributed by atoms with Crippen LogP contribution in [0.15, 0.2) is 33.6 Å². The summed E-state index contributed by atoms with van der Waals surface area (Å²) in [4.78, 5) is 1.16. The summed E-state index contributed by atoms with van der Waals surface area (Å²) in [5, 5.41) is 0. The number of thioether (sulfide) groups is 1. The minimum absolute atomic E-state index is 0.110. The second-order valence-corrected chi connectivity index (χ2v) is 8.55. The molecule has 0 radical (unpaired) electrons. The van der Waals surface area contributed by atoms with Crippen molar-refractivity contribution in [2.75, 3.05) is 17.8 Å². The zero-order valence-corrected chi connectivity index (χ0v) is 14.0. The van der Waals surface area contributed by atoms with E-state index in [1.807, 2.05) is 24.3 Å². The molecular formula is C12H19BrN2O2S2. The Morgan fingerprint density at radius 1 is 1.42 bits per heavy atom. The normalized spacial score (nSPS) is 13.4. The van der Waals surface area contributed by atoms with Gasteiger partial charge >= 0.3 is 0 Å². The first-order chi connectivity index (χ1) is 8.92. The van der Waals surface area contributed by atoms with Crippen molar-refractivity contribution in [1.29, 1.82) is 0 Å². The summed E-state index contributed by atoms with van der Waals surface area (Å²) in [6, 6.07) is 8.11. The van der Waals surface area contributed by atoms with E-state index >= 15 is 0 Å². The maximum atomic E-state index is 11.1. The first kappa shape index (κ1) is 17.0. The van der Waals surface area contributed by atoms with Crippen LogP contribution in [-0.2, 0) is 9.84 Å². The molecule has 0 aromatic heterocycles. The molecule has 0 bridgehead atoms. The lowest BCUT2D eigenvalue weighted by molar-refractivity contribution is 0.528. The summed E-state index contributed by atoms with van der Waals surface area (Å²) in [6.07, 6.45) is 2.64. The second-order valence-electron chi connectivity index (χ2n) is 4.38. The molecule has 1 aromatic carbocycles. The maximum absolute atomic E-state index is 11.1. The van der Waals surface area contributed by atoms with Gasteiger partial charge in [-0.05, 0) is 40.9 Å². The lowest BCUT2D eigenvalue weighted by Gasteiger charge is -2.15. The highest BCUT2D eigenvalue weighted by atomic mass is 79.9. The van der Waals surface area contributed by atoms with E-state index < -0.39 is 9.84 Å². The predicted molar refractivity (Wildman–Crippen MR) is 84.9 cm³/mol. The number of hydrogen-bond acceptors (Lipinski definition) is 5. The highest BCUT2D eigenvalue weighted by Crippen LogP contribution is 2.27. The molecule has 1 atom stereocenters. The van der Waals surface area contributed by atoms with Gasteiger partial charge in [-0.3, -0.25) is 11.3 Å². The highest BCUT2D eigenvalue weighted by Gasteiger charge is 2.10. The molecule has 19 heavy (non-hydrogen) atoms. The first-order valence-electron chi connectivity index (χ1n) is 5.93. The van der Waals surface area contributed by atoms with Crippen LogP contribution in [0.2, 0.25) is 0 Å². The Balaban J connectivity index is 2.39. The molecule has 0 aliphatic rings. The summed E-state index contributed by atoms with van der Waals surface area (Å²) in [5.41, 5.74) is 2.75. The third kappa shape index (κ3) is 7.31. The standard InChI is InChI=1S/C12H19BrN2O2S2/c1-19(16,17)8-4-5-10(15-14)9-18-12-7-3-2-6-11(12)13/h2-3,6-7,10,15H,4-5,8-9,14H2,1H3. The van der Waals surface area contributed by atoms with E-state index in [1.165, 1.54) is 6.26 Å². The van der Waals surface area contributed by atoms with Crippen LogP contribution in [0.4, 0.5) is 0 Å². The molecule has 0 amide bonds. The lowest BCUT2D eigenvalue weighted by Crippen LogP contribution is -2.37. The van der Waals surface area contributed by atoms with Crippen molar-refractivity contribution in [3.63, 3.8) is 0 Å². The van der Waals surface area contributed by atoms with Gasteiger partial charge in [-0.2, -0.15) is 0 Å². The molecule has 7 heteroatoms. The summed E-state index contributed by atoms with van der Waals surface area (Å²) < 4.78 is 23.2. The monoisotopic (exact) mass is 366 g/mol. The van der Waals surface area contributed by atoms with E-state index in [1.54, 1.807) is 11.8 Å². The minimum atomic E-state index is -2.88. The maximum Gasteiger partial charge on any atom is 0.147 e. The van der Waals surface area contributed by atoms with Gasteiger partial charge in [-0.25, -0.2) is 8.42 Å². The van der Waals surface area contributed by atoms with Crippen LogP contribution in [0.3, 0.4) is 0 Å². The average Bonchev–Trinajstić information content (AvgIpc) is 2.34. The third-order valence-corrected chi connectivity index (χ3v) is 5.80. The zero-order valence-electron chi connectivity index (χ0n) is 10.8. The number of rotatable bonds is 8. The van der Waals surface area contributed by atoms with Crippen LogP contribution in [0, 0.1) is 0 Å². The third-order valence-electron chi connectivity index (χ3n) is 2.58. The minimum Gasteiger partial charge on any atom is -0.271 e. The van der Waals surface area contributed by atoms with Crippen molar-refractivity contribution in [1.82, 2.24) is 5.43 Å². The molecular weight excluding hydrogens is 348 g/mol. The number of hydrogen-bond donors (Lipinski definition) is 2. The second kappa shape index (κ2) is 8.26. The van der Waals surface area contributed by atoms with Crippen LogP contribution in [-0.4, -0.2) is 32.2 Å². The Morgan fingerprint density at radius 2 is 2.11 bits per heavy atom. The fourth-order valence-corrected chi connectivity index (χ4v) is 3.90. The van der Waals surface area contributed by atoms with Crippen LogP contribution < -0.4 is 11.3 Å². The molecule has 0 fully saturated rings. The van der Waals surface area contributed by atoms with Gasteiger partial charge in [0.05, 0.1) is 0 Å². The molecule has 1 rings (SSSR count). The lowest BCUT2D eigenvalue weighted by atomic mass is 10.2. The van der Waals surface area contributed by atoms with E-state index in [-0.39, 0.29) is 11.8 Å². The quantitative estimate of drug-likeness (QED) is 0.419. The first-order valence-corrected chi connectivity index (χ1v) is 9.77. The van der Waals surface area contributed by atoms with Crippen LogP contribution in [0.5, 0.6) is 0 Å². The molecule has 0 saturated heterocycles. The highest BCUT2D eigenvalue weighted by molar-refractivity contribution is 9.10. The number of halogens is 1. The molecule has 0 heterocycles. The molecule has 3 N–H and O–H groups in total. The molecule has 0 aliphatic carbocycles. The molecule has 108 valence electrons. The molecule has 0 aliphatic heterocycles. The van der Waals surface area contributed by atoms with Crippen molar-refractivity contribution in [2.24, 2.45) is 5.84 Å². The smallest absolute Gasteiger partial charge is 0.147 e. The summed E-state index contributed by atoms with van der Waals surface area (Å²) >= 11 is 5.19. The van der Waals surface area contributed by atoms with Gasteiger partial charge in [0.15, 0.2) is 0 Å². The van der Waals surface area contributed by atoms with Crippen molar-refractivity contribution >= 4 is 37.5 Å². The van der Waals surface area contributed by atoms with Crippen molar-refractivity contribution < 1.29 is 8.42 Å². The molecule has 1 unspecified atom stereocenters. The fourth-order valence-electron chi connectivity index (χ4n) is 1.56. The fraction of sp³-hybridized carbons (Fsp3) is 0.500. The average molecular weight is 367 g/mol. The number of nitrogens with one attached hydrogen (secondary N) is 1. The van der Waals surface area contributed by atoms with Gasteiger partial charge in [-0.15, -0.1) is 11.8 Å². The number of benzene rings is 1. The van der Waals surface area contributed by atoms with Crippen LogP contribution >= 0.6 is 27.7 Å². The van der Waals surface area contributed by atoms with Crippen molar-refractivity contribution in [3.05, 3.63) is 28.7 Å². The Labute approximate surface area is 127 Å². The topological polar surface area (TPSA) is 72.2 Å². The van der Waals surface area contributed by atoms with Crippen LogP contribution in [0.25, 0.3) is 0 Å². The summed E-state index contributed by atoms with van der Waals surface area (Å²) in [7, 11) is -2.88. The van der Waals surface area contributed by atoms with E-state index in [0.717, 1.165) is 21.5 Å². The van der Waals surface area contributed by atoms with Gasteiger partial charge in [0.25, 0.3) is 0 Å². The van der Waals surface area contributed by atoms with Gasteiger partial charge in [0, 0.05) is 33.2 Å². The Morgan fingerprint density at radius 3 is 2.68 bits per heavy atom. The van der Waals surface area contributed by atoms with Crippen molar-refractivity contribution in [3.8, 4) is 0 Å². The van der Waals surface area contributed by atoms with Crippen molar-refractivity contribution in [2.45, 2.75) is 23.8 Å². The van der Waals surface area contributed by atoms with Gasteiger partial charge < -0.3 is 0 Å². The van der Waals surface area contributed by atoms with E-state index in [9.17, 15) is 8.42 Å². The Kier molecular flexibility index (Phi) is 7.38. The Bertz CT molecular complexity index is 494. The molecule has 0 spiro atoms. The molecule has 4 nitrogen and oxygen atoms in total. The summed E-state index contributed by atoms with van der Waals surface area (Å²) in [5.74, 6) is 6.52. The zero-order chi connectivity index (χ0) is 14.3. The number of hydrazine groups is 1. The van der Waals surface area contributed by atoms with Gasteiger partial charge in [0.2, 0.25) is 0 Å². The van der Waals surface area contributed by atoms with E-state index in [4.69, 9.17) is 5.84 Å². The van der Waals surface area contributed by atoms with E-state index in [2.05, 4.69) is 21.4 Å². The predicted octanol–water partition coefficient (Wildman–Crippen LogP) is 2.20. The number of nitrogens with two attached hydrogens (primary N) is 1. The van der Waals surface area contributed by atoms with Gasteiger partial charge in [-0.1, -0.05) is 12.1 Å².